The van der Waals surface area contributed by atoms with E-state index in [1.807, 2.05) is 0 Å². The lowest BCUT2D eigenvalue weighted by Gasteiger charge is -2.09. The highest BCUT2D eigenvalue weighted by Gasteiger charge is 2.19. The van der Waals surface area contributed by atoms with Crippen LogP contribution in [0.15, 0.2) is 28.9 Å². The zero-order chi connectivity index (χ0) is 16.2. The van der Waals surface area contributed by atoms with E-state index in [9.17, 15) is 9.59 Å². The summed E-state index contributed by atoms with van der Waals surface area (Å²) in [5.74, 6) is -0.0943. The van der Waals surface area contributed by atoms with Gasteiger partial charge in [-0.25, -0.2) is 0 Å². The zero-order valence-electron chi connectivity index (χ0n) is 12.7. The second-order valence-electron chi connectivity index (χ2n) is 5.31. The fourth-order valence-corrected chi connectivity index (χ4v) is 2.38. The van der Waals surface area contributed by atoms with Gasteiger partial charge in [0.2, 0.25) is 0 Å². The lowest BCUT2D eigenvalue weighted by atomic mass is 10.2. The lowest BCUT2D eigenvalue weighted by molar-refractivity contribution is 0.0853. The molecule has 8 heteroatoms. The Hall–Kier alpha value is -2.61. The average Bonchev–Trinajstić information content (AvgIpc) is 3.27. The lowest BCUT2D eigenvalue weighted by Crippen LogP contribution is -2.32. The molecule has 0 unspecified atom stereocenters. The first kappa shape index (κ1) is 15.3. The van der Waals surface area contributed by atoms with E-state index < -0.39 is 5.91 Å². The third-order valence-electron chi connectivity index (χ3n) is 3.61. The first-order valence-electron chi connectivity index (χ1n) is 7.42. The van der Waals surface area contributed by atoms with Gasteiger partial charge < -0.3 is 19.8 Å². The molecule has 2 N–H and O–H groups in total. The van der Waals surface area contributed by atoms with Crippen molar-refractivity contribution in [2.75, 3.05) is 18.5 Å². The molecule has 0 saturated carbocycles. The van der Waals surface area contributed by atoms with Gasteiger partial charge in [0.15, 0.2) is 11.5 Å². The molecule has 0 radical (unpaired) electrons. The number of ether oxygens (including phenoxy) is 1. The van der Waals surface area contributed by atoms with Crippen LogP contribution in [0.1, 0.15) is 33.9 Å². The van der Waals surface area contributed by atoms with Crippen LogP contribution in [-0.4, -0.2) is 40.9 Å². The summed E-state index contributed by atoms with van der Waals surface area (Å²) in [6, 6.07) is 4.70. The molecule has 3 heterocycles. The largest absolute Gasteiger partial charge is 0.459 e. The molecule has 2 aromatic heterocycles. The monoisotopic (exact) mass is 318 g/mol. The first-order chi connectivity index (χ1) is 11.1. The molecule has 1 saturated heterocycles. The van der Waals surface area contributed by atoms with Gasteiger partial charge in [0, 0.05) is 26.3 Å². The molecule has 0 aromatic carbocycles. The molecular weight excluding hydrogens is 300 g/mol. The van der Waals surface area contributed by atoms with Crippen LogP contribution in [-0.2, 0) is 11.8 Å². The van der Waals surface area contributed by atoms with Crippen molar-refractivity contribution in [3.8, 4) is 0 Å². The van der Waals surface area contributed by atoms with Gasteiger partial charge in [-0.15, -0.1) is 0 Å². The minimum absolute atomic E-state index is 0.0702. The summed E-state index contributed by atoms with van der Waals surface area (Å²) in [5, 5.41) is 9.55. The maximum absolute atomic E-state index is 12.1. The molecule has 1 aliphatic heterocycles. The molecule has 3 rings (SSSR count). The molecule has 1 fully saturated rings. The number of furan rings is 1. The van der Waals surface area contributed by atoms with Crippen LogP contribution in [0.25, 0.3) is 0 Å². The SMILES string of the molecule is Cn1nc(C(=O)NC[C@@H]2CCCO2)cc1NC(=O)c1ccco1. The number of amides is 2. The number of carbonyl (C=O) groups is 2. The minimum atomic E-state index is -0.399. The summed E-state index contributed by atoms with van der Waals surface area (Å²) in [6.45, 7) is 1.20. The Bertz CT molecular complexity index is 686. The van der Waals surface area contributed by atoms with Crippen LogP contribution in [0.5, 0.6) is 0 Å². The number of aryl methyl sites for hydroxylation is 1. The molecule has 122 valence electrons. The Balaban J connectivity index is 1.60. The molecule has 23 heavy (non-hydrogen) atoms. The molecule has 2 amide bonds. The van der Waals surface area contributed by atoms with Crippen LogP contribution < -0.4 is 10.6 Å². The number of anilines is 1. The van der Waals surface area contributed by atoms with Crippen molar-refractivity contribution < 1.29 is 18.7 Å². The molecule has 1 atom stereocenters. The van der Waals surface area contributed by atoms with Gasteiger partial charge in [-0.1, -0.05) is 0 Å². The van der Waals surface area contributed by atoms with Gasteiger partial charge in [-0.05, 0) is 25.0 Å². The fourth-order valence-electron chi connectivity index (χ4n) is 2.38. The minimum Gasteiger partial charge on any atom is -0.459 e. The van der Waals surface area contributed by atoms with E-state index in [2.05, 4.69) is 15.7 Å². The summed E-state index contributed by atoms with van der Waals surface area (Å²) in [5.41, 5.74) is 0.236. The fraction of sp³-hybridized carbons (Fsp3) is 0.400. The number of nitrogens with one attached hydrogen (secondary N) is 2. The number of hydrogen-bond acceptors (Lipinski definition) is 5. The normalized spacial score (nSPS) is 17.2. The molecule has 0 bridgehead atoms. The van der Waals surface area contributed by atoms with Crippen molar-refractivity contribution in [3.05, 3.63) is 35.9 Å². The molecule has 1 aliphatic rings. The summed E-state index contributed by atoms with van der Waals surface area (Å²) >= 11 is 0. The Kier molecular flexibility index (Phi) is 4.42. The Morgan fingerprint density at radius 2 is 2.30 bits per heavy atom. The molecular formula is C15H18N4O4. The summed E-state index contributed by atoms with van der Waals surface area (Å²) in [6.07, 6.45) is 3.46. The van der Waals surface area contributed by atoms with Crippen molar-refractivity contribution in [2.45, 2.75) is 18.9 Å². The maximum Gasteiger partial charge on any atom is 0.292 e. The summed E-state index contributed by atoms with van der Waals surface area (Å²) in [4.78, 5) is 24.1. The number of hydrogen-bond donors (Lipinski definition) is 2. The van der Waals surface area contributed by atoms with Crippen LogP contribution in [0.3, 0.4) is 0 Å². The zero-order valence-corrected chi connectivity index (χ0v) is 12.7. The highest BCUT2D eigenvalue weighted by Crippen LogP contribution is 2.13. The predicted octanol–water partition coefficient (Wildman–Crippen LogP) is 1.17. The van der Waals surface area contributed by atoms with Gasteiger partial charge >= 0.3 is 0 Å². The van der Waals surface area contributed by atoms with E-state index in [-0.39, 0.29) is 23.5 Å². The molecule has 8 nitrogen and oxygen atoms in total. The quantitative estimate of drug-likeness (QED) is 0.862. The van der Waals surface area contributed by atoms with Gasteiger partial charge in [0.05, 0.1) is 12.4 Å². The van der Waals surface area contributed by atoms with E-state index in [1.54, 1.807) is 19.2 Å². The van der Waals surface area contributed by atoms with E-state index in [0.717, 1.165) is 19.4 Å². The van der Waals surface area contributed by atoms with E-state index in [1.165, 1.54) is 17.0 Å². The van der Waals surface area contributed by atoms with Gasteiger partial charge in [0.25, 0.3) is 11.8 Å². The number of rotatable bonds is 5. The third-order valence-corrected chi connectivity index (χ3v) is 3.61. The smallest absolute Gasteiger partial charge is 0.292 e. The van der Waals surface area contributed by atoms with Crippen LogP contribution in [0.2, 0.25) is 0 Å². The van der Waals surface area contributed by atoms with Crippen LogP contribution in [0, 0.1) is 0 Å². The second kappa shape index (κ2) is 6.66. The van der Waals surface area contributed by atoms with Crippen molar-refractivity contribution >= 4 is 17.6 Å². The Morgan fingerprint density at radius 1 is 1.43 bits per heavy atom. The third kappa shape index (κ3) is 3.59. The summed E-state index contributed by atoms with van der Waals surface area (Å²) in [7, 11) is 1.65. The highest BCUT2D eigenvalue weighted by molar-refractivity contribution is 6.02. The second-order valence-corrected chi connectivity index (χ2v) is 5.31. The first-order valence-corrected chi connectivity index (χ1v) is 7.42. The number of aromatic nitrogens is 2. The summed E-state index contributed by atoms with van der Waals surface area (Å²) < 4.78 is 11.9. The van der Waals surface area contributed by atoms with Crippen molar-refractivity contribution in [1.29, 1.82) is 0 Å². The van der Waals surface area contributed by atoms with Crippen molar-refractivity contribution in [1.82, 2.24) is 15.1 Å². The molecule has 2 aromatic rings. The molecule has 0 spiro atoms. The van der Waals surface area contributed by atoms with E-state index >= 15 is 0 Å². The molecule has 0 aliphatic carbocycles. The number of carbonyl (C=O) groups excluding carboxylic acids is 2. The Morgan fingerprint density at radius 3 is 3.00 bits per heavy atom. The standard InChI is InChI=1S/C15H18N4O4/c1-19-13(17-15(21)12-5-3-7-23-12)8-11(18-19)14(20)16-9-10-4-2-6-22-10/h3,5,7-8,10H,2,4,6,9H2,1H3,(H,16,20)(H,17,21)/t10-/m0/s1. The van der Waals surface area contributed by atoms with Gasteiger partial charge in [0.1, 0.15) is 5.82 Å². The Labute approximate surface area is 132 Å². The maximum atomic E-state index is 12.1. The number of nitrogens with zero attached hydrogens (tertiary/aromatic N) is 2. The van der Waals surface area contributed by atoms with E-state index in [0.29, 0.717) is 12.4 Å². The van der Waals surface area contributed by atoms with Crippen LogP contribution in [0.4, 0.5) is 5.82 Å². The van der Waals surface area contributed by atoms with Crippen molar-refractivity contribution in [2.24, 2.45) is 7.05 Å². The van der Waals surface area contributed by atoms with Crippen LogP contribution >= 0.6 is 0 Å². The predicted molar refractivity (Wildman–Crippen MR) is 81.2 cm³/mol. The van der Waals surface area contributed by atoms with Gasteiger partial charge in [-0.3, -0.25) is 14.3 Å². The highest BCUT2D eigenvalue weighted by atomic mass is 16.5. The topological polar surface area (TPSA) is 98.4 Å². The van der Waals surface area contributed by atoms with Crippen molar-refractivity contribution in [3.63, 3.8) is 0 Å². The van der Waals surface area contributed by atoms with E-state index in [4.69, 9.17) is 9.15 Å². The average molecular weight is 318 g/mol. The van der Waals surface area contributed by atoms with Gasteiger partial charge in [-0.2, -0.15) is 5.10 Å².